The molecule has 1 aromatic rings. The summed E-state index contributed by atoms with van der Waals surface area (Å²) in [6.07, 6.45) is 1.58. The van der Waals surface area contributed by atoms with Crippen LogP contribution < -0.4 is 0 Å². The predicted octanol–water partition coefficient (Wildman–Crippen LogP) is 2.36. The van der Waals surface area contributed by atoms with Crippen molar-refractivity contribution in [2.75, 3.05) is 13.1 Å². The third kappa shape index (κ3) is 3.12. The van der Waals surface area contributed by atoms with Gasteiger partial charge in [0.2, 0.25) is 10.0 Å². The fourth-order valence-electron chi connectivity index (χ4n) is 1.92. The zero-order valence-corrected chi connectivity index (χ0v) is 12.8. The number of nitrogens with zero attached hydrogens (tertiary/aromatic N) is 1. The van der Waals surface area contributed by atoms with Gasteiger partial charge in [-0.3, -0.25) is 0 Å². The zero-order chi connectivity index (χ0) is 13.8. The number of aryl methyl sites for hydroxylation is 1. The van der Waals surface area contributed by atoms with Crippen molar-refractivity contribution in [2.45, 2.75) is 45.1 Å². The van der Waals surface area contributed by atoms with E-state index in [4.69, 9.17) is 0 Å². The van der Waals surface area contributed by atoms with Crippen LogP contribution in [-0.2, 0) is 16.6 Å². The first kappa shape index (κ1) is 15.6. The van der Waals surface area contributed by atoms with Gasteiger partial charge in [0.25, 0.3) is 0 Å². The van der Waals surface area contributed by atoms with Crippen molar-refractivity contribution in [3.05, 3.63) is 15.8 Å². The normalized spacial score (nSPS) is 12.3. The summed E-state index contributed by atoms with van der Waals surface area (Å²) in [6.45, 7) is 6.53. The van der Waals surface area contributed by atoms with Crippen LogP contribution in [0, 0.1) is 6.92 Å². The number of thiophene rings is 1. The van der Waals surface area contributed by atoms with Gasteiger partial charge in [0.1, 0.15) is 4.90 Å². The van der Waals surface area contributed by atoms with Gasteiger partial charge in [-0.2, -0.15) is 4.31 Å². The maximum Gasteiger partial charge on any atom is 0.244 e. The Balaban J connectivity index is 3.21. The molecule has 0 bridgehead atoms. The molecule has 0 spiro atoms. The van der Waals surface area contributed by atoms with E-state index >= 15 is 0 Å². The van der Waals surface area contributed by atoms with Crippen LogP contribution in [-0.4, -0.2) is 30.9 Å². The Morgan fingerprint density at radius 3 is 2.28 bits per heavy atom. The fourth-order valence-corrected chi connectivity index (χ4v) is 5.16. The van der Waals surface area contributed by atoms with Gasteiger partial charge in [-0.25, -0.2) is 8.42 Å². The minimum Gasteiger partial charge on any atom is -0.391 e. The molecule has 0 unspecified atom stereocenters. The molecule has 0 amide bonds. The topological polar surface area (TPSA) is 57.6 Å². The van der Waals surface area contributed by atoms with Crippen molar-refractivity contribution in [2.24, 2.45) is 0 Å². The molecule has 0 aliphatic rings. The van der Waals surface area contributed by atoms with Crippen molar-refractivity contribution < 1.29 is 13.5 Å². The Hall–Kier alpha value is -0.430. The summed E-state index contributed by atoms with van der Waals surface area (Å²) in [6, 6.07) is 0. The third-order valence-electron chi connectivity index (χ3n) is 2.68. The molecule has 0 saturated heterocycles. The Morgan fingerprint density at radius 1 is 1.28 bits per heavy atom. The smallest absolute Gasteiger partial charge is 0.244 e. The quantitative estimate of drug-likeness (QED) is 0.839. The van der Waals surface area contributed by atoms with Gasteiger partial charge < -0.3 is 5.11 Å². The zero-order valence-electron chi connectivity index (χ0n) is 11.1. The molecule has 6 heteroatoms. The molecule has 1 aromatic heterocycles. The second kappa shape index (κ2) is 6.65. The molecular formula is C12H21NO3S2. The number of aliphatic hydroxyl groups excluding tert-OH is 1. The first-order valence-electron chi connectivity index (χ1n) is 6.16. The van der Waals surface area contributed by atoms with E-state index in [-0.39, 0.29) is 6.61 Å². The summed E-state index contributed by atoms with van der Waals surface area (Å²) < 4.78 is 26.7. The largest absolute Gasteiger partial charge is 0.391 e. The lowest BCUT2D eigenvalue weighted by Crippen LogP contribution is -2.33. The number of rotatable bonds is 7. The van der Waals surface area contributed by atoms with Gasteiger partial charge in [0.05, 0.1) is 11.5 Å². The van der Waals surface area contributed by atoms with E-state index in [0.717, 1.165) is 18.4 Å². The van der Waals surface area contributed by atoms with Crippen LogP contribution in [0.4, 0.5) is 0 Å². The molecule has 0 radical (unpaired) electrons. The summed E-state index contributed by atoms with van der Waals surface area (Å²) in [4.78, 5) is 0.835. The van der Waals surface area contributed by atoms with E-state index < -0.39 is 10.0 Å². The summed E-state index contributed by atoms with van der Waals surface area (Å²) >= 11 is 1.30. The molecule has 0 aliphatic heterocycles. The van der Waals surface area contributed by atoms with Crippen LogP contribution in [0.2, 0.25) is 0 Å². The van der Waals surface area contributed by atoms with E-state index in [9.17, 15) is 13.5 Å². The van der Waals surface area contributed by atoms with E-state index in [1.807, 2.05) is 13.8 Å². The Bertz CT molecular complexity index is 474. The van der Waals surface area contributed by atoms with Crippen molar-refractivity contribution >= 4 is 21.4 Å². The number of hydrogen-bond acceptors (Lipinski definition) is 4. The molecule has 4 nitrogen and oxygen atoms in total. The van der Waals surface area contributed by atoms with Gasteiger partial charge in [-0.15, -0.1) is 11.3 Å². The molecule has 0 atom stereocenters. The lowest BCUT2D eigenvalue weighted by molar-refractivity contribution is 0.282. The van der Waals surface area contributed by atoms with Gasteiger partial charge in [0.15, 0.2) is 0 Å². The second-order valence-electron chi connectivity index (χ2n) is 4.23. The fraction of sp³-hybridized carbons (Fsp3) is 0.667. The minimum atomic E-state index is -3.47. The van der Waals surface area contributed by atoms with Crippen LogP contribution in [0.15, 0.2) is 10.3 Å². The maximum atomic E-state index is 12.6. The molecule has 0 aliphatic carbocycles. The Kier molecular flexibility index (Phi) is 5.78. The average Bonchev–Trinajstić information content (AvgIpc) is 2.70. The van der Waals surface area contributed by atoms with E-state index in [2.05, 4.69) is 0 Å². The summed E-state index contributed by atoms with van der Waals surface area (Å²) in [5.74, 6) is 0. The lowest BCUT2D eigenvalue weighted by atomic mass is 10.3. The second-order valence-corrected chi connectivity index (χ2v) is 7.07. The van der Waals surface area contributed by atoms with Crippen molar-refractivity contribution in [3.63, 3.8) is 0 Å². The van der Waals surface area contributed by atoms with Gasteiger partial charge in [-0.05, 0) is 30.7 Å². The molecule has 18 heavy (non-hydrogen) atoms. The molecule has 0 fully saturated rings. The predicted molar refractivity (Wildman–Crippen MR) is 74.3 cm³/mol. The highest BCUT2D eigenvalue weighted by molar-refractivity contribution is 7.89. The van der Waals surface area contributed by atoms with Crippen LogP contribution >= 0.6 is 11.3 Å². The summed E-state index contributed by atoms with van der Waals surface area (Å²) in [5.41, 5.74) is 0.723. The Labute approximate surface area is 113 Å². The highest BCUT2D eigenvalue weighted by Crippen LogP contribution is 2.29. The molecule has 104 valence electrons. The van der Waals surface area contributed by atoms with Crippen LogP contribution in [0.3, 0.4) is 0 Å². The number of aliphatic hydroxyl groups is 1. The standard InChI is InChI=1S/C12H21NO3S2/c1-4-6-13(7-5-2)18(15,16)12-10(3)9-17-11(12)8-14/h9,14H,4-8H2,1-3H3. The van der Waals surface area contributed by atoms with E-state index in [1.54, 1.807) is 12.3 Å². The molecule has 0 saturated carbocycles. The highest BCUT2D eigenvalue weighted by Gasteiger charge is 2.28. The highest BCUT2D eigenvalue weighted by atomic mass is 32.2. The van der Waals surface area contributed by atoms with Crippen molar-refractivity contribution in [1.82, 2.24) is 4.31 Å². The van der Waals surface area contributed by atoms with Crippen molar-refractivity contribution in [1.29, 1.82) is 0 Å². The van der Waals surface area contributed by atoms with Crippen LogP contribution in [0.5, 0.6) is 0 Å². The van der Waals surface area contributed by atoms with Crippen LogP contribution in [0.25, 0.3) is 0 Å². The van der Waals surface area contributed by atoms with Gasteiger partial charge in [-0.1, -0.05) is 13.8 Å². The first-order valence-corrected chi connectivity index (χ1v) is 8.48. The molecule has 0 aromatic carbocycles. The number of hydrogen-bond donors (Lipinski definition) is 1. The van der Waals surface area contributed by atoms with E-state index in [0.29, 0.717) is 22.9 Å². The molecule has 1 heterocycles. The third-order valence-corrected chi connectivity index (χ3v) is 6.02. The monoisotopic (exact) mass is 291 g/mol. The lowest BCUT2D eigenvalue weighted by Gasteiger charge is -2.21. The number of sulfonamides is 1. The summed E-state index contributed by atoms with van der Waals surface area (Å²) in [7, 11) is -3.47. The molecule has 1 N–H and O–H groups in total. The van der Waals surface area contributed by atoms with Crippen LogP contribution in [0.1, 0.15) is 37.1 Å². The van der Waals surface area contributed by atoms with Gasteiger partial charge in [0, 0.05) is 13.1 Å². The first-order chi connectivity index (χ1) is 8.48. The molecular weight excluding hydrogens is 270 g/mol. The SMILES string of the molecule is CCCN(CCC)S(=O)(=O)c1c(C)csc1CO. The minimum absolute atomic E-state index is 0.223. The Morgan fingerprint density at radius 2 is 1.83 bits per heavy atom. The summed E-state index contributed by atoms with van der Waals surface area (Å²) in [5, 5.41) is 11.1. The van der Waals surface area contributed by atoms with Gasteiger partial charge >= 0.3 is 0 Å². The average molecular weight is 291 g/mol. The van der Waals surface area contributed by atoms with Crippen molar-refractivity contribution in [3.8, 4) is 0 Å². The van der Waals surface area contributed by atoms with E-state index in [1.165, 1.54) is 15.6 Å². The maximum absolute atomic E-state index is 12.6. The molecule has 1 rings (SSSR count).